The van der Waals surface area contributed by atoms with Crippen molar-refractivity contribution in [2.45, 2.75) is 13.0 Å². The molecule has 0 amide bonds. The number of fused-ring (bicyclic) bond motifs is 1. The van der Waals surface area contributed by atoms with Gasteiger partial charge in [0.05, 0.1) is 21.1 Å². The summed E-state index contributed by atoms with van der Waals surface area (Å²) in [5.74, 6) is 0.582. The molecule has 0 radical (unpaired) electrons. The van der Waals surface area contributed by atoms with E-state index in [1.54, 1.807) is 24.5 Å². The van der Waals surface area contributed by atoms with Crippen LogP contribution in [0.5, 0.6) is 5.75 Å². The maximum absolute atomic E-state index is 11.0. The number of aromatic nitrogens is 2. The number of aryl methyl sites for hydroxylation is 1. The van der Waals surface area contributed by atoms with Crippen molar-refractivity contribution in [1.29, 1.82) is 0 Å². The second kappa shape index (κ2) is 8.48. The van der Waals surface area contributed by atoms with E-state index < -0.39 is 6.04 Å². The lowest BCUT2D eigenvalue weighted by molar-refractivity contribution is 0.471. The van der Waals surface area contributed by atoms with Crippen molar-refractivity contribution in [3.05, 3.63) is 91.6 Å². The van der Waals surface area contributed by atoms with Crippen LogP contribution >= 0.6 is 46.4 Å². The van der Waals surface area contributed by atoms with Crippen molar-refractivity contribution in [2.75, 3.05) is 5.32 Å². The van der Waals surface area contributed by atoms with E-state index in [1.165, 1.54) is 0 Å². The molecule has 0 spiro atoms. The molecule has 2 heterocycles. The van der Waals surface area contributed by atoms with Crippen LogP contribution in [-0.2, 0) is 0 Å². The summed E-state index contributed by atoms with van der Waals surface area (Å²) in [6, 6.07) is 11.9. The van der Waals surface area contributed by atoms with E-state index in [0.29, 0.717) is 42.6 Å². The Balaban J connectivity index is 1.92. The van der Waals surface area contributed by atoms with E-state index in [2.05, 4.69) is 15.3 Å². The van der Waals surface area contributed by atoms with Gasteiger partial charge < -0.3 is 10.4 Å². The SMILES string of the molecule is Cc1cc(NC(c2cc(Cl)cc(Cl)c2Cl)c2ccc3cccnc3c2O)ncc1Cl. The molecule has 2 aromatic heterocycles. The topological polar surface area (TPSA) is 58.0 Å². The monoisotopic (exact) mass is 477 g/mol. The van der Waals surface area contributed by atoms with Crippen LogP contribution in [0.1, 0.15) is 22.7 Å². The summed E-state index contributed by atoms with van der Waals surface area (Å²) >= 11 is 25.2. The highest BCUT2D eigenvalue weighted by molar-refractivity contribution is 6.43. The number of benzene rings is 2. The molecular formula is C22H15Cl4N3O. The predicted molar refractivity (Wildman–Crippen MR) is 124 cm³/mol. The predicted octanol–water partition coefficient (Wildman–Crippen LogP) is 7.46. The van der Waals surface area contributed by atoms with Crippen LogP contribution in [-0.4, -0.2) is 15.1 Å². The number of phenolic OH excluding ortho intramolecular Hbond substituents is 1. The largest absolute Gasteiger partial charge is 0.505 e. The molecule has 4 aromatic rings. The van der Waals surface area contributed by atoms with Crippen molar-refractivity contribution >= 4 is 63.1 Å². The number of nitrogens with one attached hydrogen (secondary N) is 1. The molecule has 4 rings (SSSR count). The molecule has 2 aromatic carbocycles. The van der Waals surface area contributed by atoms with Crippen LogP contribution in [0.2, 0.25) is 20.1 Å². The van der Waals surface area contributed by atoms with E-state index in [0.717, 1.165) is 10.9 Å². The van der Waals surface area contributed by atoms with E-state index in [-0.39, 0.29) is 5.75 Å². The van der Waals surface area contributed by atoms with Gasteiger partial charge in [0.15, 0.2) is 0 Å². The maximum Gasteiger partial charge on any atom is 0.147 e. The Kier molecular flexibility index (Phi) is 5.94. The summed E-state index contributed by atoms with van der Waals surface area (Å²) in [6.07, 6.45) is 3.19. The Morgan fingerprint density at radius 3 is 2.50 bits per heavy atom. The number of phenols is 1. The minimum Gasteiger partial charge on any atom is -0.505 e. The number of halogens is 4. The third-order valence-corrected chi connectivity index (χ3v) is 6.19. The number of pyridine rings is 2. The molecule has 30 heavy (non-hydrogen) atoms. The highest BCUT2D eigenvalue weighted by atomic mass is 35.5. The van der Waals surface area contributed by atoms with Crippen molar-refractivity contribution in [3.8, 4) is 5.75 Å². The molecule has 0 saturated carbocycles. The van der Waals surface area contributed by atoms with Gasteiger partial charge in [0, 0.05) is 33.9 Å². The number of hydrogen-bond donors (Lipinski definition) is 2. The molecule has 0 fully saturated rings. The van der Waals surface area contributed by atoms with Crippen LogP contribution < -0.4 is 5.32 Å². The van der Waals surface area contributed by atoms with Crippen LogP contribution in [0.3, 0.4) is 0 Å². The average molecular weight is 479 g/mol. The normalized spacial score (nSPS) is 12.2. The van der Waals surface area contributed by atoms with Crippen molar-refractivity contribution in [3.63, 3.8) is 0 Å². The minimum atomic E-state index is -0.604. The Morgan fingerprint density at radius 1 is 0.933 bits per heavy atom. The maximum atomic E-state index is 11.0. The van der Waals surface area contributed by atoms with Gasteiger partial charge in [-0.3, -0.25) is 4.98 Å². The summed E-state index contributed by atoms with van der Waals surface area (Å²) in [5, 5.41) is 16.8. The molecule has 1 unspecified atom stereocenters. The van der Waals surface area contributed by atoms with Crippen LogP contribution in [0.15, 0.2) is 54.9 Å². The molecule has 0 aliphatic heterocycles. The van der Waals surface area contributed by atoms with E-state index >= 15 is 0 Å². The number of aromatic hydroxyl groups is 1. The summed E-state index contributed by atoms with van der Waals surface area (Å²) in [6.45, 7) is 1.88. The van der Waals surface area contributed by atoms with Gasteiger partial charge in [-0.15, -0.1) is 0 Å². The zero-order valence-electron chi connectivity index (χ0n) is 15.6. The molecular weight excluding hydrogens is 464 g/mol. The fraction of sp³-hybridized carbons (Fsp3) is 0.0909. The standard InChI is InChI=1S/C22H15Cl4N3O/c1-11-7-18(28-10-17(11)25)29-21(15-8-13(23)9-16(24)19(15)26)14-5-4-12-3-2-6-27-20(12)22(14)30/h2-10,21,30H,1H3,(H,28,29). The Hall–Kier alpha value is -2.24. The van der Waals surface area contributed by atoms with Gasteiger partial charge in [0.1, 0.15) is 17.1 Å². The lowest BCUT2D eigenvalue weighted by Gasteiger charge is -2.24. The Morgan fingerprint density at radius 2 is 1.73 bits per heavy atom. The van der Waals surface area contributed by atoms with Crippen molar-refractivity contribution in [2.24, 2.45) is 0 Å². The smallest absolute Gasteiger partial charge is 0.147 e. The fourth-order valence-electron chi connectivity index (χ4n) is 3.25. The zero-order chi connectivity index (χ0) is 21.4. The number of hydrogen-bond acceptors (Lipinski definition) is 4. The molecule has 152 valence electrons. The molecule has 0 bridgehead atoms. The zero-order valence-corrected chi connectivity index (χ0v) is 18.7. The highest BCUT2D eigenvalue weighted by Crippen LogP contribution is 2.41. The fourth-order valence-corrected chi connectivity index (χ4v) is 4.08. The van der Waals surface area contributed by atoms with Crippen LogP contribution in [0, 0.1) is 6.92 Å². The summed E-state index contributed by atoms with van der Waals surface area (Å²) in [7, 11) is 0. The van der Waals surface area contributed by atoms with Gasteiger partial charge in [-0.1, -0.05) is 64.6 Å². The first kappa shape index (κ1) is 21.0. The first-order chi connectivity index (χ1) is 14.3. The van der Waals surface area contributed by atoms with Gasteiger partial charge in [-0.05, 0) is 36.8 Å². The molecule has 0 saturated heterocycles. The first-order valence-corrected chi connectivity index (χ1v) is 10.5. The summed E-state index contributed by atoms with van der Waals surface area (Å²) in [5.41, 5.74) is 2.48. The molecule has 0 aliphatic rings. The van der Waals surface area contributed by atoms with E-state index in [1.807, 2.05) is 37.3 Å². The lowest BCUT2D eigenvalue weighted by atomic mass is 9.96. The second-order valence-electron chi connectivity index (χ2n) is 6.77. The third kappa shape index (κ3) is 4.01. The molecule has 1 atom stereocenters. The van der Waals surface area contributed by atoms with Gasteiger partial charge in [-0.2, -0.15) is 0 Å². The second-order valence-corrected chi connectivity index (χ2v) is 8.39. The van der Waals surface area contributed by atoms with Crippen molar-refractivity contribution in [1.82, 2.24) is 9.97 Å². The number of nitrogens with zero attached hydrogens (tertiary/aromatic N) is 2. The van der Waals surface area contributed by atoms with Crippen molar-refractivity contribution < 1.29 is 5.11 Å². The molecule has 4 nitrogen and oxygen atoms in total. The molecule has 0 aliphatic carbocycles. The highest BCUT2D eigenvalue weighted by Gasteiger charge is 2.24. The first-order valence-electron chi connectivity index (χ1n) is 8.95. The summed E-state index contributed by atoms with van der Waals surface area (Å²) in [4.78, 5) is 8.66. The minimum absolute atomic E-state index is 0.0310. The third-order valence-electron chi connectivity index (χ3n) is 4.76. The van der Waals surface area contributed by atoms with Gasteiger partial charge in [-0.25, -0.2) is 4.98 Å². The Bertz CT molecular complexity index is 1260. The lowest BCUT2D eigenvalue weighted by Crippen LogP contribution is -2.14. The quantitative estimate of drug-likeness (QED) is 0.299. The summed E-state index contributed by atoms with van der Waals surface area (Å²) < 4.78 is 0. The van der Waals surface area contributed by atoms with Crippen LogP contribution in [0.4, 0.5) is 5.82 Å². The van der Waals surface area contributed by atoms with Gasteiger partial charge >= 0.3 is 0 Å². The number of rotatable bonds is 4. The molecule has 8 heteroatoms. The van der Waals surface area contributed by atoms with Gasteiger partial charge in [0.2, 0.25) is 0 Å². The van der Waals surface area contributed by atoms with E-state index in [9.17, 15) is 5.11 Å². The van der Waals surface area contributed by atoms with Gasteiger partial charge in [0.25, 0.3) is 0 Å². The van der Waals surface area contributed by atoms with Crippen LogP contribution in [0.25, 0.3) is 10.9 Å². The molecule has 2 N–H and O–H groups in total. The average Bonchev–Trinajstić information content (AvgIpc) is 2.72. The number of anilines is 1. The Labute approximate surface area is 193 Å². The van der Waals surface area contributed by atoms with E-state index in [4.69, 9.17) is 46.4 Å².